The highest BCUT2D eigenvalue weighted by Gasteiger charge is 2.27. The molecule has 0 amide bonds. The Balaban J connectivity index is 2.13. The predicted octanol–water partition coefficient (Wildman–Crippen LogP) is 2.47. The molecule has 1 saturated heterocycles. The van der Waals surface area contributed by atoms with E-state index in [0.29, 0.717) is 12.6 Å². The van der Waals surface area contributed by atoms with Gasteiger partial charge in [0, 0.05) is 31.4 Å². The maximum Gasteiger partial charge on any atom is 0.123 e. The number of hydrogen-bond acceptors (Lipinski definition) is 3. The molecule has 1 unspecified atom stereocenters. The van der Waals surface area contributed by atoms with Crippen LogP contribution in [0.2, 0.25) is 0 Å². The SMILES string of the molecule is CCN(CC)C1CCN(c2ccc(F)cc2CNC)C1. The van der Waals surface area contributed by atoms with Crippen molar-refractivity contribution in [3.63, 3.8) is 0 Å². The zero-order chi connectivity index (χ0) is 14.5. The molecule has 1 atom stereocenters. The Hall–Kier alpha value is -1.13. The lowest BCUT2D eigenvalue weighted by atomic mass is 10.1. The van der Waals surface area contributed by atoms with Gasteiger partial charge in [-0.15, -0.1) is 0 Å². The molecule has 2 rings (SSSR count). The molecule has 1 heterocycles. The first-order valence-electron chi connectivity index (χ1n) is 7.61. The van der Waals surface area contributed by atoms with Crippen molar-refractivity contribution in [3.8, 4) is 0 Å². The van der Waals surface area contributed by atoms with Crippen LogP contribution in [0.1, 0.15) is 25.8 Å². The maximum absolute atomic E-state index is 13.4. The average Bonchev–Trinajstić information content (AvgIpc) is 2.90. The van der Waals surface area contributed by atoms with E-state index in [1.54, 1.807) is 12.1 Å². The molecule has 112 valence electrons. The number of rotatable bonds is 6. The molecule has 1 aromatic carbocycles. The van der Waals surface area contributed by atoms with Gasteiger partial charge in [-0.2, -0.15) is 0 Å². The third-order valence-corrected chi connectivity index (χ3v) is 4.24. The third-order valence-electron chi connectivity index (χ3n) is 4.24. The van der Waals surface area contributed by atoms with E-state index in [2.05, 4.69) is 29.0 Å². The van der Waals surface area contributed by atoms with Crippen LogP contribution in [-0.2, 0) is 6.54 Å². The lowest BCUT2D eigenvalue weighted by Gasteiger charge is -2.27. The van der Waals surface area contributed by atoms with Crippen molar-refractivity contribution in [2.24, 2.45) is 0 Å². The number of likely N-dealkylation sites (N-methyl/N-ethyl adjacent to an activating group) is 1. The van der Waals surface area contributed by atoms with E-state index in [0.717, 1.165) is 31.7 Å². The Labute approximate surface area is 121 Å². The van der Waals surface area contributed by atoms with Gasteiger partial charge in [-0.05, 0) is 50.3 Å². The molecule has 3 nitrogen and oxygen atoms in total. The summed E-state index contributed by atoms with van der Waals surface area (Å²) in [6, 6.07) is 5.76. The summed E-state index contributed by atoms with van der Waals surface area (Å²) >= 11 is 0. The van der Waals surface area contributed by atoms with Gasteiger partial charge >= 0.3 is 0 Å². The van der Waals surface area contributed by atoms with Crippen LogP contribution < -0.4 is 10.2 Å². The summed E-state index contributed by atoms with van der Waals surface area (Å²) in [6.07, 6.45) is 1.19. The number of anilines is 1. The fourth-order valence-corrected chi connectivity index (χ4v) is 3.19. The van der Waals surface area contributed by atoms with E-state index in [1.165, 1.54) is 12.1 Å². The molecule has 0 aliphatic carbocycles. The smallest absolute Gasteiger partial charge is 0.123 e. The summed E-state index contributed by atoms with van der Waals surface area (Å²) in [4.78, 5) is 4.91. The molecule has 1 N–H and O–H groups in total. The molecule has 4 heteroatoms. The summed E-state index contributed by atoms with van der Waals surface area (Å²) in [5.74, 6) is -0.154. The highest BCUT2D eigenvalue weighted by atomic mass is 19.1. The summed E-state index contributed by atoms with van der Waals surface area (Å²) in [5, 5.41) is 3.13. The Kier molecular flexibility index (Phi) is 5.38. The highest BCUT2D eigenvalue weighted by Crippen LogP contribution is 2.27. The molecule has 1 aliphatic rings. The molecule has 0 radical (unpaired) electrons. The van der Waals surface area contributed by atoms with Crippen molar-refractivity contribution in [1.29, 1.82) is 0 Å². The van der Waals surface area contributed by atoms with Gasteiger partial charge in [-0.3, -0.25) is 4.90 Å². The van der Waals surface area contributed by atoms with Crippen molar-refractivity contribution < 1.29 is 4.39 Å². The standard InChI is InChI=1S/C16H26FN3/c1-4-19(5-2)15-8-9-20(12-15)16-7-6-14(17)10-13(16)11-18-3/h6-7,10,15,18H,4-5,8-9,11-12H2,1-3H3. The van der Waals surface area contributed by atoms with Crippen LogP contribution in [-0.4, -0.2) is 44.2 Å². The molecule has 0 bridgehead atoms. The second-order valence-electron chi connectivity index (χ2n) is 5.41. The van der Waals surface area contributed by atoms with Gasteiger partial charge < -0.3 is 10.2 Å². The summed E-state index contributed by atoms with van der Waals surface area (Å²) < 4.78 is 13.4. The van der Waals surface area contributed by atoms with Gasteiger partial charge in [0.2, 0.25) is 0 Å². The molecule has 0 saturated carbocycles. The monoisotopic (exact) mass is 279 g/mol. The van der Waals surface area contributed by atoms with Crippen molar-refractivity contribution in [2.75, 3.05) is 38.1 Å². The van der Waals surface area contributed by atoms with Crippen LogP contribution in [0.4, 0.5) is 10.1 Å². The first-order valence-corrected chi connectivity index (χ1v) is 7.61. The van der Waals surface area contributed by atoms with Gasteiger partial charge in [0.1, 0.15) is 5.82 Å². The fourth-order valence-electron chi connectivity index (χ4n) is 3.19. The minimum Gasteiger partial charge on any atom is -0.370 e. The van der Waals surface area contributed by atoms with Gasteiger partial charge in [0.25, 0.3) is 0 Å². The van der Waals surface area contributed by atoms with Crippen molar-refractivity contribution >= 4 is 5.69 Å². The maximum atomic E-state index is 13.4. The second-order valence-corrected chi connectivity index (χ2v) is 5.41. The van der Waals surface area contributed by atoms with E-state index < -0.39 is 0 Å². The van der Waals surface area contributed by atoms with E-state index in [4.69, 9.17) is 0 Å². The van der Waals surface area contributed by atoms with Crippen LogP contribution in [0.25, 0.3) is 0 Å². The Morgan fingerprint density at radius 2 is 2.10 bits per heavy atom. The first kappa shape index (κ1) is 15.3. The number of halogens is 1. The zero-order valence-electron chi connectivity index (χ0n) is 12.8. The topological polar surface area (TPSA) is 18.5 Å². The molecular weight excluding hydrogens is 253 g/mol. The number of benzene rings is 1. The largest absolute Gasteiger partial charge is 0.370 e. The molecule has 1 fully saturated rings. The highest BCUT2D eigenvalue weighted by molar-refractivity contribution is 5.54. The average molecular weight is 279 g/mol. The molecule has 0 spiro atoms. The normalized spacial score (nSPS) is 19.1. The van der Waals surface area contributed by atoms with E-state index >= 15 is 0 Å². The van der Waals surface area contributed by atoms with Crippen molar-refractivity contribution in [2.45, 2.75) is 32.9 Å². The lowest BCUT2D eigenvalue weighted by Crippen LogP contribution is -2.37. The minimum atomic E-state index is -0.154. The number of nitrogens with one attached hydrogen (secondary N) is 1. The van der Waals surface area contributed by atoms with Crippen LogP contribution in [0.3, 0.4) is 0 Å². The van der Waals surface area contributed by atoms with E-state index in [1.807, 2.05) is 13.1 Å². The quantitative estimate of drug-likeness (QED) is 0.863. The molecule has 1 aromatic rings. The summed E-state index contributed by atoms with van der Waals surface area (Å²) in [5.41, 5.74) is 2.23. The van der Waals surface area contributed by atoms with E-state index in [-0.39, 0.29) is 5.82 Å². The predicted molar refractivity (Wildman–Crippen MR) is 82.7 cm³/mol. The van der Waals surface area contributed by atoms with Gasteiger partial charge in [0.15, 0.2) is 0 Å². The van der Waals surface area contributed by atoms with Crippen molar-refractivity contribution in [1.82, 2.24) is 10.2 Å². The summed E-state index contributed by atoms with van der Waals surface area (Å²) in [7, 11) is 1.90. The van der Waals surface area contributed by atoms with Crippen LogP contribution in [0.5, 0.6) is 0 Å². The first-order chi connectivity index (χ1) is 9.69. The lowest BCUT2D eigenvalue weighted by molar-refractivity contribution is 0.232. The Bertz CT molecular complexity index is 432. The number of hydrogen-bond donors (Lipinski definition) is 1. The van der Waals surface area contributed by atoms with Crippen LogP contribution in [0, 0.1) is 5.82 Å². The van der Waals surface area contributed by atoms with Crippen molar-refractivity contribution in [3.05, 3.63) is 29.6 Å². The van der Waals surface area contributed by atoms with Gasteiger partial charge in [-0.1, -0.05) is 13.8 Å². The van der Waals surface area contributed by atoms with E-state index in [9.17, 15) is 4.39 Å². The number of nitrogens with zero attached hydrogens (tertiary/aromatic N) is 2. The summed E-state index contributed by atoms with van der Waals surface area (Å²) in [6.45, 7) is 9.45. The van der Waals surface area contributed by atoms with Crippen LogP contribution in [0.15, 0.2) is 18.2 Å². The molecule has 1 aliphatic heterocycles. The van der Waals surface area contributed by atoms with Gasteiger partial charge in [0.05, 0.1) is 0 Å². The Morgan fingerprint density at radius 1 is 1.35 bits per heavy atom. The minimum absolute atomic E-state index is 0.154. The molecule has 0 aromatic heterocycles. The van der Waals surface area contributed by atoms with Gasteiger partial charge in [-0.25, -0.2) is 4.39 Å². The third kappa shape index (κ3) is 3.30. The zero-order valence-corrected chi connectivity index (χ0v) is 12.8. The Morgan fingerprint density at radius 3 is 2.75 bits per heavy atom. The second kappa shape index (κ2) is 7.04. The van der Waals surface area contributed by atoms with Crippen LogP contribution >= 0.6 is 0 Å². The molecular formula is C16H26FN3. The fraction of sp³-hybridized carbons (Fsp3) is 0.625. The molecule has 20 heavy (non-hydrogen) atoms.